The van der Waals surface area contributed by atoms with E-state index in [9.17, 15) is 23.1 Å². The minimum absolute atomic E-state index is 0.471. The molecule has 0 bridgehead atoms. The average Bonchev–Trinajstić information content (AvgIpc) is 3.20. The number of ether oxygens (including phenoxy) is 1. The third-order valence-electron chi connectivity index (χ3n) is 6.10. The number of fused-ring (bicyclic) bond motifs is 1. The van der Waals surface area contributed by atoms with Crippen LogP contribution in [0.4, 0.5) is 13.2 Å². The summed E-state index contributed by atoms with van der Waals surface area (Å²) in [5.41, 5.74) is 2.78. The highest BCUT2D eigenvalue weighted by Crippen LogP contribution is 2.32. The molecule has 188 valence electrons. The molecule has 1 aromatic heterocycles. The lowest BCUT2D eigenvalue weighted by molar-refractivity contribution is -0.152. The Labute approximate surface area is 206 Å². The number of halogens is 3. The molecule has 0 saturated carbocycles. The molecule has 0 aliphatic heterocycles. The van der Waals surface area contributed by atoms with Crippen molar-refractivity contribution in [1.82, 2.24) is 5.16 Å². The van der Waals surface area contributed by atoms with Crippen LogP contribution >= 0.6 is 0 Å². The molecule has 0 aliphatic carbocycles. The van der Waals surface area contributed by atoms with Gasteiger partial charge in [0.2, 0.25) is 0 Å². The Hall–Kier alpha value is -3.81. The normalized spacial score (nSPS) is 12.2. The first-order valence-corrected chi connectivity index (χ1v) is 11.5. The van der Waals surface area contributed by atoms with Crippen LogP contribution in [0.2, 0.25) is 0 Å². The fourth-order valence-corrected chi connectivity index (χ4v) is 3.90. The zero-order valence-electron chi connectivity index (χ0n) is 20.1. The summed E-state index contributed by atoms with van der Waals surface area (Å²) >= 11 is 0. The molecule has 0 spiro atoms. The highest BCUT2D eigenvalue weighted by atomic mass is 19.4. The van der Waals surface area contributed by atoms with E-state index >= 15 is 0 Å². The monoisotopic (exact) mass is 497 g/mol. The molecule has 0 saturated heterocycles. The van der Waals surface area contributed by atoms with Crippen LogP contribution in [-0.2, 0) is 23.8 Å². The Morgan fingerprint density at radius 3 is 2.17 bits per heavy atom. The number of alkyl halides is 3. The SMILES string of the molecule is Cc1cc2onc(CCCc3ccc(-c4ccc(C(F)(F)F)cc4)cc3)c2cc1OC(C)(C)C(=O)O. The summed E-state index contributed by atoms with van der Waals surface area (Å²) in [6.07, 6.45) is -2.12. The van der Waals surface area contributed by atoms with Crippen molar-refractivity contribution in [2.75, 3.05) is 0 Å². The van der Waals surface area contributed by atoms with Crippen LogP contribution in [0.15, 0.2) is 65.2 Å². The Bertz CT molecular complexity index is 1370. The van der Waals surface area contributed by atoms with Gasteiger partial charge in [0.25, 0.3) is 0 Å². The average molecular weight is 498 g/mol. The summed E-state index contributed by atoms with van der Waals surface area (Å²) in [6, 6.07) is 16.4. The van der Waals surface area contributed by atoms with E-state index in [1.165, 1.54) is 26.0 Å². The van der Waals surface area contributed by atoms with E-state index in [-0.39, 0.29) is 0 Å². The summed E-state index contributed by atoms with van der Waals surface area (Å²) < 4.78 is 49.5. The summed E-state index contributed by atoms with van der Waals surface area (Å²) in [6.45, 7) is 4.82. The fourth-order valence-electron chi connectivity index (χ4n) is 3.90. The Morgan fingerprint density at radius 1 is 0.972 bits per heavy atom. The van der Waals surface area contributed by atoms with Gasteiger partial charge in [-0.25, -0.2) is 4.79 Å². The van der Waals surface area contributed by atoms with Crippen LogP contribution in [0.5, 0.6) is 5.75 Å². The standard InChI is InChI=1S/C28H26F3NO4/c1-17-15-25-22(16-24(17)35-27(2,3)26(33)34)23(32-36-25)6-4-5-18-7-9-19(10-8-18)20-11-13-21(14-12-20)28(29,30)31/h7-16H,4-6H2,1-3H3,(H,33,34). The molecule has 0 unspecified atom stereocenters. The van der Waals surface area contributed by atoms with Gasteiger partial charge in [0.15, 0.2) is 11.2 Å². The number of hydrogen-bond donors (Lipinski definition) is 1. The molecule has 3 aromatic carbocycles. The lowest BCUT2D eigenvalue weighted by Gasteiger charge is -2.22. The van der Waals surface area contributed by atoms with E-state index in [1.807, 2.05) is 31.2 Å². The Morgan fingerprint density at radius 2 is 1.58 bits per heavy atom. The fraction of sp³-hybridized carbons (Fsp3) is 0.286. The van der Waals surface area contributed by atoms with Crippen molar-refractivity contribution >= 4 is 16.9 Å². The second-order valence-electron chi connectivity index (χ2n) is 9.29. The first-order chi connectivity index (χ1) is 16.9. The van der Waals surface area contributed by atoms with Gasteiger partial charge < -0.3 is 14.4 Å². The van der Waals surface area contributed by atoms with E-state index < -0.39 is 23.3 Å². The number of rotatable bonds is 8. The van der Waals surface area contributed by atoms with Crippen LogP contribution in [0.3, 0.4) is 0 Å². The predicted molar refractivity (Wildman–Crippen MR) is 130 cm³/mol. The molecule has 4 rings (SSSR count). The number of benzene rings is 3. The zero-order valence-corrected chi connectivity index (χ0v) is 20.1. The van der Waals surface area contributed by atoms with Gasteiger partial charge in [0, 0.05) is 5.39 Å². The summed E-state index contributed by atoms with van der Waals surface area (Å²) in [5, 5.41) is 14.3. The highest BCUT2D eigenvalue weighted by Gasteiger charge is 2.31. The van der Waals surface area contributed by atoms with Gasteiger partial charge in [-0.15, -0.1) is 0 Å². The van der Waals surface area contributed by atoms with Crippen LogP contribution < -0.4 is 4.74 Å². The number of hydrogen-bond acceptors (Lipinski definition) is 4. The van der Waals surface area contributed by atoms with Gasteiger partial charge in [0.1, 0.15) is 5.75 Å². The second-order valence-corrected chi connectivity index (χ2v) is 9.29. The minimum Gasteiger partial charge on any atom is -0.478 e. The van der Waals surface area contributed by atoms with Gasteiger partial charge >= 0.3 is 12.1 Å². The quantitative estimate of drug-likeness (QED) is 0.278. The van der Waals surface area contributed by atoms with Crippen molar-refractivity contribution in [2.24, 2.45) is 0 Å². The van der Waals surface area contributed by atoms with E-state index in [0.717, 1.165) is 58.3 Å². The third kappa shape index (κ3) is 5.53. The molecule has 5 nitrogen and oxygen atoms in total. The van der Waals surface area contributed by atoms with Crippen LogP contribution in [0.25, 0.3) is 22.1 Å². The van der Waals surface area contributed by atoms with E-state index in [1.54, 1.807) is 12.1 Å². The molecule has 8 heteroatoms. The predicted octanol–water partition coefficient (Wildman–Crippen LogP) is 7.24. The molecular weight excluding hydrogens is 471 g/mol. The molecule has 0 aliphatic rings. The molecule has 0 radical (unpaired) electrons. The van der Waals surface area contributed by atoms with Crippen molar-refractivity contribution in [1.29, 1.82) is 0 Å². The molecule has 1 heterocycles. The van der Waals surface area contributed by atoms with Gasteiger partial charge in [-0.2, -0.15) is 13.2 Å². The number of nitrogens with zero attached hydrogens (tertiary/aromatic N) is 1. The summed E-state index contributed by atoms with van der Waals surface area (Å²) in [7, 11) is 0. The molecule has 0 fully saturated rings. The number of carbonyl (C=O) groups is 1. The molecule has 0 atom stereocenters. The van der Waals surface area contributed by atoms with Crippen LogP contribution in [-0.4, -0.2) is 21.8 Å². The number of carboxylic acids is 1. The number of aromatic nitrogens is 1. The smallest absolute Gasteiger partial charge is 0.416 e. The van der Waals surface area contributed by atoms with Crippen molar-refractivity contribution in [2.45, 2.75) is 51.8 Å². The van der Waals surface area contributed by atoms with Gasteiger partial charge in [-0.3, -0.25) is 0 Å². The maximum Gasteiger partial charge on any atom is 0.416 e. The van der Waals surface area contributed by atoms with Crippen molar-refractivity contribution in [3.63, 3.8) is 0 Å². The number of aliphatic carboxylic acids is 1. The Balaban J connectivity index is 1.41. The Kier molecular flexibility index (Phi) is 6.80. The van der Waals surface area contributed by atoms with Crippen molar-refractivity contribution < 1.29 is 32.3 Å². The zero-order chi connectivity index (χ0) is 26.1. The molecule has 36 heavy (non-hydrogen) atoms. The highest BCUT2D eigenvalue weighted by molar-refractivity contribution is 5.83. The minimum atomic E-state index is -4.35. The van der Waals surface area contributed by atoms with Crippen molar-refractivity contribution in [3.05, 3.63) is 83.0 Å². The van der Waals surface area contributed by atoms with Gasteiger partial charge in [0.05, 0.1) is 11.3 Å². The van der Waals surface area contributed by atoms with Crippen LogP contribution in [0.1, 0.15) is 42.7 Å². The second kappa shape index (κ2) is 9.68. The van der Waals surface area contributed by atoms with Gasteiger partial charge in [-0.05, 0) is 86.6 Å². The van der Waals surface area contributed by atoms with Gasteiger partial charge in [-0.1, -0.05) is 41.6 Å². The first kappa shape index (κ1) is 25.3. The lowest BCUT2D eigenvalue weighted by atomic mass is 10.00. The first-order valence-electron chi connectivity index (χ1n) is 11.5. The maximum absolute atomic E-state index is 12.8. The number of aryl methyl sites for hydroxylation is 3. The number of carboxylic acid groups (broad SMARTS) is 1. The molecule has 1 N–H and O–H groups in total. The van der Waals surface area contributed by atoms with E-state index in [4.69, 9.17) is 9.26 Å². The maximum atomic E-state index is 12.8. The van der Waals surface area contributed by atoms with E-state index in [2.05, 4.69) is 5.16 Å². The lowest BCUT2D eigenvalue weighted by Crippen LogP contribution is -2.38. The molecule has 0 amide bonds. The van der Waals surface area contributed by atoms with E-state index in [0.29, 0.717) is 17.8 Å². The van der Waals surface area contributed by atoms with Crippen LogP contribution in [0, 0.1) is 6.92 Å². The molecular formula is C28H26F3NO4. The summed E-state index contributed by atoms with van der Waals surface area (Å²) in [5.74, 6) is -0.588. The van der Waals surface area contributed by atoms with Crippen molar-refractivity contribution in [3.8, 4) is 16.9 Å². The largest absolute Gasteiger partial charge is 0.478 e. The third-order valence-corrected chi connectivity index (χ3v) is 6.10. The summed E-state index contributed by atoms with van der Waals surface area (Å²) in [4.78, 5) is 11.4. The molecule has 4 aromatic rings. The topological polar surface area (TPSA) is 72.6 Å².